The number of hydrogen-bond acceptors (Lipinski definition) is 3. The second-order valence-corrected chi connectivity index (χ2v) is 3.56. The van der Waals surface area contributed by atoms with E-state index in [2.05, 4.69) is 16.6 Å². The molecular formula is C10H17NO2. The predicted molar refractivity (Wildman–Crippen MR) is 51.1 cm³/mol. The summed E-state index contributed by atoms with van der Waals surface area (Å²) in [6.07, 6.45) is 5.74. The average molecular weight is 183 g/mol. The minimum Gasteiger partial charge on any atom is -0.466 e. The predicted octanol–water partition coefficient (Wildman–Crippen LogP) is 1.41. The van der Waals surface area contributed by atoms with Gasteiger partial charge in [-0.3, -0.25) is 0 Å². The van der Waals surface area contributed by atoms with Crippen molar-refractivity contribution in [1.82, 2.24) is 4.90 Å². The molecule has 0 bridgehead atoms. The Morgan fingerprint density at radius 3 is 2.62 bits per heavy atom. The third kappa shape index (κ3) is 3.49. The molecule has 1 aliphatic rings. The molecule has 0 atom stereocenters. The average Bonchev–Trinajstić information content (AvgIpc) is 2.16. The molecule has 0 radical (unpaired) electrons. The molecule has 0 unspecified atom stereocenters. The van der Waals surface area contributed by atoms with Crippen LogP contribution in [0.3, 0.4) is 0 Å². The van der Waals surface area contributed by atoms with Crippen LogP contribution in [0.25, 0.3) is 0 Å². The molecule has 1 fully saturated rings. The van der Waals surface area contributed by atoms with Gasteiger partial charge in [-0.1, -0.05) is 6.92 Å². The van der Waals surface area contributed by atoms with E-state index in [0.29, 0.717) is 0 Å². The molecule has 1 aliphatic heterocycles. The van der Waals surface area contributed by atoms with E-state index in [9.17, 15) is 4.79 Å². The fourth-order valence-corrected chi connectivity index (χ4v) is 1.41. The molecule has 3 nitrogen and oxygen atoms in total. The molecule has 1 rings (SSSR count). The van der Waals surface area contributed by atoms with Gasteiger partial charge in [-0.05, 0) is 18.8 Å². The largest absolute Gasteiger partial charge is 0.466 e. The van der Waals surface area contributed by atoms with Crippen LogP contribution in [0, 0.1) is 5.92 Å². The molecule has 0 aromatic rings. The third-order valence-corrected chi connectivity index (χ3v) is 2.44. The quantitative estimate of drug-likeness (QED) is 0.479. The number of carbonyl (C=O) groups is 1. The van der Waals surface area contributed by atoms with Crippen LogP contribution < -0.4 is 0 Å². The van der Waals surface area contributed by atoms with Crippen molar-refractivity contribution in [2.45, 2.75) is 19.8 Å². The minimum atomic E-state index is -0.279. The lowest BCUT2D eigenvalue weighted by Gasteiger charge is -2.28. The first-order valence-corrected chi connectivity index (χ1v) is 4.72. The number of ether oxygens (including phenoxy) is 1. The summed E-state index contributed by atoms with van der Waals surface area (Å²) in [7, 11) is 1.39. The van der Waals surface area contributed by atoms with Crippen LogP contribution in [-0.2, 0) is 9.53 Å². The molecule has 0 saturated carbocycles. The first-order valence-electron chi connectivity index (χ1n) is 4.72. The Labute approximate surface area is 79.4 Å². The molecule has 0 aliphatic carbocycles. The molecule has 1 saturated heterocycles. The smallest absolute Gasteiger partial charge is 0.331 e. The molecular weight excluding hydrogens is 166 g/mol. The van der Waals surface area contributed by atoms with Gasteiger partial charge in [-0.2, -0.15) is 0 Å². The van der Waals surface area contributed by atoms with E-state index in [1.165, 1.54) is 26.0 Å². The number of likely N-dealkylation sites (tertiary alicyclic amines) is 1. The number of piperidine rings is 1. The summed E-state index contributed by atoms with van der Waals surface area (Å²) >= 11 is 0. The highest BCUT2D eigenvalue weighted by atomic mass is 16.5. The zero-order chi connectivity index (χ0) is 9.68. The van der Waals surface area contributed by atoms with Gasteiger partial charge in [0, 0.05) is 25.4 Å². The molecule has 0 spiro atoms. The van der Waals surface area contributed by atoms with Crippen molar-refractivity contribution in [2.24, 2.45) is 5.92 Å². The first-order chi connectivity index (χ1) is 6.22. The Hall–Kier alpha value is -0.990. The lowest BCUT2D eigenvalue weighted by Crippen LogP contribution is -2.28. The SMILES string of the molecule is COC(=O)C=CN1CCC(C)CC1. The molecule has 0 aromatic carbocycles. The summed E-state index contributed by atoms with van der Waals surface area (Å²) in [6.45, 7) is 4.37. The Bertz CT molecular complexity index is 193. The van der Waals surface area contributed by atoms with Gasteiger partial charge in [-0.25, -0.2) is 4.79 Å². The third-order valence-electron chi connectivity index (χ3n) is 2.44. The molecule has 0 aromatic heterocycles. The van der Waals surface area contributed by atoms with Gasteiger partial charge in [-0.15, -0.1) is 0 Å². The Balaban J connectivity index is 2.29. The van der Waals surface area contributed by atoms with Crippen molar-refractivity contribution in [3.8, 4) is 0 Å². The molecule has 74 valence electrons. The number of methoxy groups -OCH3 is 1. The number of esters is 1. The van der Waals surface area contributed by atoms with Gasteiger partial charge in [0.05, 0.1) is 7.11 Å². The summed E-state index contributed by atoms with van der Waals surface area (Å²) in [4.78, 5) is 12.9. The lowest BCUT2D eigenvalue weighted by molar-refractivity contribution is -0.134. The number of hydrogen-bond donors (Lipinski definition) is 0. The fraction of sp³-hybridized carbons (Fsp3) is 0.700. The highest BCUT2D eigenvalue weighted by molar-refractivity contribution is 5.81. The van der Waals surface area contributed by atoms with Gasteiger partial charge < -0.3 is 9.64 Å². The Morgan fingerprint density at radius 2 is 2.08 bits per heavy atom. The van der Waals surface area contributed by atoms with Crippen molar-refractivity contribution in [3.05, 3.63) is 12.3 Å². The normalized spacial score (nSPS) is 19.4. The first kappa shape index (κ1) is 10.1. The van der Waals surface area contributed by atoms with Gasteiger partial charge in [0.15, 0.2) is 0 Å². The highest BCUT2D eigenvalue weighted by Crippen LogP contribution is 2.15. The van der Waals surface area contributed by atoms with E-state index >= 15 is 0 Å². The maximum atomic E-state index is 10.8. The van der Waals surface area contributed by atoms with Gasteiger partial charge in [0.25, 0.3) is 0 Å². The van der Waals surface area contributed by atoms with E-state index in [0.717, 1.165) is 19.0 Å². The molecule has 3 heteroatoms. The summed E-state index contributed by atoms with van der Waals surface area (Å²) < 4.78 is 4.51. The number of rotatable bonds is 2. The van der Waals surface area contributed by atoms with Crippen molar-refractivity contribution in [2.75, 3.05) is 20.2 Å². The van der Waals surface area contributed by atoms with Crippen molar-refractivity contribution < 1.29 is 9.53 Å². The Morgan fingerprint density at radius 1 is 1.46 bits per heavy atom. The van der Waals surface area contributed by atoms with Gasteiger partial charge in [0.2, 0.25) is 0 Å². The van der Waals surface area contributed by atoms with Crippen molar-refractivity contribution in [1.29, 1.82) is 0 Å². The molecule has 13 heavy (non-hydrogen) atoms. The summed E-state index contributed by atoms with van der Waals surface area (Å²) in [5.41, 5.74) is 0. The number of carbonyl (C=O) groups excluding carboxylic acids is 1. The van der Waals surface area contributed by atoms with E-state index in [1.807, 2.05) is 6.20 Å². The van der Waals surface area contributed by atoms with Crippen molar-refractivity contribution in [3.63, 3.8) is 0 Å². The highest BCUT2D eigenvalue weighted by Gasteiger charge is 2.12. The van der Waals surface area contributed by atoms with Crippen LogP contribution >= 0.6 is 0 Å². The molecule has 0 N–H and O–H groups in total. The summed E-state index contributed by atoms with van der Waals surface area (Å²) in [5, 5.41) is 0. The zero-order valence-corrected chi connectivity index (χ0v) is 8.32. The molecule has 0 amide bonds. The van der Waals surface area contributed by atoms with E-state index in [4.69, 9.17) is 0 Å². The van der Waals surface area contributed by atoms with Crippen molar-refractivity contribution >= 4 is 5.97 Å². The van der Waals surface area contributed by atoms with Gasteiger partial charge in [0.1, 0.15) is 0 Å². The second kappa shape index (κ2) is 4.90. The van der Waals surface area contributed by atoms with Crippen LogP contribution in [-0.4, -0.2) is 31.1 Å². The van der Waals surface area contributed by atoms with Gasteiger partial charge >= 0.3 is 5.97 Å². The lowest BCUT2D eigenvalue weighted by atomic mass is 10.00. The minimum absolute atomic E-state index is 0.279. The van der Waals surface area contributed by atoms with Crippen LogP contribution in [0.1, 0.15) is 19.8 Å². The maximum Gasteiger partial charge on any atom is 0.331 e. The van der Waals surface area contributed by atoms with Crippen LogP contribution in [0.5, 0.6) is 0 Å². The maximum absolute atomic E-state index is 10.8. The summed E-state index contributed by atoms with van der Waals surface area (Å²) in [6, 6.07) is 0. The van der Waals surface area contributed by atoms with E-state index < -0.39 is 0 Å². The topological polar surface area (TPSA) is 29.5 Å². The molecule has 1 heterocycles. The fourth-order valence-electron chi connectivity index (χ4n) is 1.41. The van der Waals surface area contributed by atoms with E-state index in [1.54, 1.807) is 0 Å². The Kier molecular flexibility index (Phi) is 3.80. The van der Waals surface area contributed by atoms with E-state index in [-0.39, 0.29) is 5.97 Å². The second-order valence-electron chi connectivity index (χ2n) is 3.56. The van der Waals surface area contributed by atoms with Crippen LogP contribution in [0.4, 0.5) is 0 Å². The van der Waals surface area contributed by atoms with Crippen LogP contribution in [0.15, 0.2) is 12.3 Å². The standard InChI is InChI=1S/C10H17NO2/c1-9-3-6-11(7-4-9)8-5-10(12)13-2/h5,8-9H,3-4,6-7H2,1-2H3. The van der Waals surface area contributed by atoms with Crippen LogP contribution in [0.2, 0.25) is 0 Å². The summed E-state index contributed by atoms with van der Waals surface area (Å²) in [5.74, 6) is 0.543. The zero-order valence-electron chi connectivity index (χ0n) is 8.32. The monoisotopic (exact) mass is 183 g/mol. The number of nitrogens with zero attached hydrogens (tertiary/aromatic N) is 1.